The third-order valence-electron chi connectivity index (χ3n) is 3.61. The maximum atomic E-state index is 12.0. The molecule has 3 N–H and O–H groups in total. The molecular formula is C13H19N3O3. The van der Waals surface area contributed by atoms with Crippen molar-refractivity contribution < 1.29 is 14.7 Å². The Hall–Kier alpha value is -1.85. The maximum Gasteiger partial charge on any atom is 0.306 e. The van der Waals surface area contributed by atoms with Crippen LogP contribution in [-0.4, -0.2) is 33.5 Å². The molecule has 1 aliphatic rings. The Morgan fingerprint density at radius 3 is 2.89 bits per heavy atom. The molecule has 0 aromatic carbocycles. The monoisotopic (exact) mass is 265 g/mol. The number of aromatic amines is 1. The van der Waals surface area contributed by atoms with Gasteiger partial charge in [0.1, 0.15) is 5.82 Å². The Labute approximate surface area is 111 Å². The van der Waals surface area contributed by atoms with E-state index in [0.29, 0.717) is 25.8 Å². The standard InChI is InChI=1S/C13H19N3O3/c17-12(16-5-4-11-14-6-7-15-11)9-2-1-3-10(8-9)13(18)19/h6-7,9-10H,1-5,8H2,(H,14,15)(H,16,17)(H,18,19). The van der Waals surface area contributed by atoms with Gasteiger partial charge in [0.05, 0.1) is 5.92 Å². The third-order valence-corrected chi connectivity index (χ3v) is 3.61. The topological polar surface area (TPSA) is 95.1 Å². The summed E-state index contributed by atoms with van der Waals surface area (Å²) in [6.07, 6.45) is 6.83. The average Bonchev–Trinajstić information content (AvgIpc) is 2.92. The molecule has 0 bridgehead atoms. The Balaban J connectivity index is 1.74. The summed E-state index contributed by atoms with van der Waals surface area (Å²) in [5.41, 5.74) is 0. The molecule has 1 aromatic rings. The first-order chi connectivity index (χ1) is 9.16. The molecule has 6 nitrogen and oxygen atoms in total. The first-order valence-electron chi connectivity index (χ1n) is 6.65. The predicted octanol–water partition coefficient (Wildman–Crippen LogP) is 0.959. The summed E-state index contributed by atoms with van der Waals surface area (Å²) < 4.78 is 0. The molecule has 1 amide bonds. The molecule has 19 heavy (non-hydrogen) atoms. The second kappa shape index (κ2) is 6.36. The van der Waals surface area contributed by atoms with Gasteiger partial charge in [0, 0.05) is 31.3 Å². The fraction of sp³-hybridized carbons (Fsp3) is 0.615. The van der Waals surface area contributed by atoms with E-state index in [4.69, 9.17) is 5.11 Å². The summed E-state index contributed by atoms with van der Waals surface area (Å²) in [5, 5.41) is 11.9. The van der Waals surface area contributed by atoms with Gasteiger partial charge in [-0.2, -0.15) is 0 Å². The summed E-state index contributed by atoms with van der Waals surface area (Å²) in [6.45, 7) is 0.528. The van der Waals surface area contributed by atoms with Gasteiger partial charge in [-0.05, 0) is 19.3 Å². The molecule has 0 radical (unpaired) electrons. The molecule has 2 unspecified atom stereocenters. The van der Waals surface area contributed by atoms with Gasteiger partial charge in [-0.15, -0.1) is 0 Å². The molecule has 1 saturated carbocycles. The summed E-state index contributed by atoms with van der Waals surface area (Å²) >= 11 is 0. The Morgan fingerprint density at radius 2 is 2.21 bits per heavy atom. The number of aliphatic carboxylic acids is 1. The number of carboxylic acids is 1. The van der Waals surface area contributed by atoms with Crippen LogP contribution in [0.3, 0.4) is 0 Å². The van der Waals surface area contributed by atoms with Gasteiger partial charge in [0.25, 0.3) is 0 Å². The Morgan fingerprint density at radius 1 is 1.42 bits per heavy atom. The molecule has 1 aromatic heterocycles. The lowest BCUT2D eigenvalue weighted by molar-refractivity contribution is -0.144. The minimum Gasteiger partial charge on any atom is -0.481 e. The highest BCUT2D eigenvalue weighted by atomic mass is 16.4. The van der Waals surface area contributed by atoms with Crippen LogP contribution in [0.15, 0.2) is 12.4 Å². The van der Waals surface area contributed by atoms with Crippen molar-refractivity contribution in [3.8, 4) is 0 Å². The lowest BCUT2D eigenvalue weighted by Crippen LogP contribution is -2.36. The van der Waals surface area contributed by atoms with Crippen molar-refractivity contribution in [3.63, 3.8) is 0 Å². The molecule has 0 spiro atoms. The van der Waals surface area contributed by atoms with Gasteiger partial charge in [-0.3, -0.25) is 9.59 Å². The lowest BCUT2D eigenvalue weighted by Gasteiger charge is -2.25. The highest BCUT2D eigenvalue weighted by Crippen LogP contribution is 2.29. The number of hydrogen-bond donors (Lipinski definition) is 3. The van der Waals surface area contributed by atoms with Crippen LogP contribution in [0, 0.1) is 11.8 Å². The maximum absolute atomic E-state index is 12.0. The van der Waals surface area contributed by atoms with Crippen LogP contribution >= 0.6 is 0 Å². The zero-order chi connectivity index (χ0) is 13.7. The second-order valence-electron chi connectivity index (χ2n) is 4.98. The number of hydrogen-bond acceptors (Lipinski definition) is 3. The van der Waals surface area contributed by atoms with Crippen molar-refractivity contribution >= 4 is 11.9 Å². The minimum absolute atomic E-state index is 0.0301. The van der Waals surface area contributed by atoms with E-state index in [0.717, 1.165) is 18.7 Å². The number of H-pyrrole nitrogens is 1. The van der Waals surface area contributed by atoms with Crippen molar-refractivity contribution in [2.45, 2.75) is 32.1 Å². The largest absolute Gasteiger partial charge is 0.481 e. The zero-order valence-corrected chi connectivity index (χ0v) is 10.8. The molecule has 0 aliphatic heterocycles. The van der Waals surface area contributed by atoms with E-state index < -0.39 is 5.97 Å². The summed E-state index contributed by atoms with van der Waals surface area (Å²) in [7, 11) is 0. The number of carbonyl (C=O) groups excluding carboxylic acids is 1. The number of nitrogens with zero attached hydrogens (tertiary/aromatic N) is 1. The van der Waals surface area contributed by atoms with Gasteiger partial charge in [0.15, 0.2) is 0 Å². The highest BCUT2D eigenvalue weighted by molar-refractivity contribution is 5.80. The fourth-order valence-corrected chi connectivity index (χ4v) is 2.54. The van der Waals surface area contributed by atoms with E-state index >= 15 is 0 Å². The highest BCUT2D eigenvalue weighted by Gasteiger charge is 2.30. The SMILES string of the molecule is O=C(O)C1CCCC(C(=O)NCCc2ncc[nH]2)C1. The third kappa shape index (κ3) is 3.81. The van der Waals surface area contributed by atoms with Crippen LogP contribution in [0.5, 0.6) is 0 Å². The second-order valence-corrected chi connectivity index (χ2v) is 4.98. The summed E-state index contributed by atoms with van der Waals surface area (Å²) in [4.78, 5) is 30.0. The van der Waals surface area contributed by atoms with E-state index in [1.807, 2.05) is 0 Å². The normalized spacial score (nSPS) is 22.9. The number of carbonyl (C=O) groups is 2. The Kier molecular flexibility index (Phi) is 4.54. The molecule has 6 heteroatoms. The first kappa shape index (κ1) is 13.6. The summed E-state index contributed by atoms with van der Waals surface area (Å²) in [6, 6.07) is 0. The fourth-order valence-electron chi connectivity index (χ4n) is 2.54. The van der Waals surface area contributed by atoms with E-state index in [9.17, 15) is 9.59 Å². The molecule has 1 aliphatic carbocycles. The number of amides is 1. The van der Waals surface area contributed by atoms with E-state index in [2.05, 4.69) is 15.3 Å². The van der Waals surface area contributed by atoms with Crippen molar-refractivity contribution in [2.24, 2.45) is 11.8 Å². The molecule has 1 fully saturated rings. The quantitative estimate of drug-likeness (QED) is 0.739. The van der Waals surface area contributed by atoms with Gasteiger partial charge in [0.2, 0.25) is 5.91 Å². The smallest absolute Gasteiger partial charge is 0.306 e. The number of rotatable bonds is 5. The van der Waals surface area contributed by atoms with Crippen molar-refractivity contribution in [1.29, 1.82) is 0 Å². The van der Waals surface area contributed by atoms with Gasteiger partial charge in [-0.1, -0.05) is 6.42 Å². The number of aromatic nitrogens is 2. The molecule has 104 valence electrons. The van der Waals surface area contributed by atoms with E-state index in [-0.39, 0.29) is 17.7 Å². The van der Waals surface area contributed by atoms with Gasteiger partial charge >= 0.3 is 5.97 Å². The molecular weight excluding hydrogens is 246 g/mol. The minimum atomic E-state index is -0.784. The molecule has 0 saturated heterocycles. The zero-order valence-electron chi connectivity index (χ0n) is 10.8. The number of nitrogens with one attached hydrogen (secondary N) is 2. The van der Waals surface area contributed by atoms with Crippen LogP contribution in [0.25, 0.3) is 0 Å². The number of carboxylic acid groups (broad SMARTS) is 1. The summed E-state index contributed by atoms with van der Waals surface area (Å²) in [5.74, 6) is -0.501. The van der Waals surface area contributed by atoms with Crippen LogP contribution in [-0.2, 0) is 16.0 Å². The Bertz CT molecular complexity index is 430. The number of imidazole rings is 1. The van der Waals surface area contributed by atoms with Crippen LogP contribution in [0.2, 0.25) is 0 Å². The van der Waals surface area contributed by atoms with Crippen LogP contribution in [0.1, 0.15) is 31.5 Å². The van der Waals surface area contributed by atoms with Gasteiger partial charge in [-0.25, -0.2) is 4.98 Å². The lowest BCUT2D eigenvalue weighted by atomic mass is 9.81. The average molecular weight is 265 g/mol. The van der Waals surface area contributed by atoms with Crippen molar-refractivity contribution in [3.05, 3.63) is 18.2 Å². The van der Waals surface area contributed by atoms with Crippen molar-refractivity contribution in [1.82, 2.24) is 15.3 Å². The van der Waals surface area contributed by atoms with Crippen molar-refractivity contribution in [2.75, 3.05) is 6.54 Å². The van der Waals surface area contributed by atoms with E-state index in [1.54, 1.807) is 12.4 Å². The van der Waals surface area contributed by atoms with Crippen LogP contribution < -0.4 is 5.32 Å². The predicted molar refractivity (Wildman–Crippen MR) is 68.4 cm³/mol. The van der Waals surface area contributed by atoms with Gasteiger partial charge < -0.3 is 15.4 Å². The van der Waals surface area contributed by atoms with E-state index in [1.165, 1.54) is 0 Å². The molecule has 2 rings (SSSR count). The molecule has 1 heterocycles. The molecule has 2 atom stereocenters. The first-order valence-corrected chi connectivity index (χ1v) is 6.65. The van der Waals surface area contributed by atoms with Crippen LogP contribution in [0.4, 0.5) is 0 Å².